The molecule has 3 fully saturated rings. The van der Waals surface area contributed by atoms with E-state index in [-0.39, 0.29) is 22.4 Å². The first-order valence-electron chi connectivity index (χ1n) is 21.3. The van der Waals surface area contributed by atoms with Crippen LogP contribution in [0.5, 0.6) is 0 Å². The van der Waals surface area contributed by atoms with Crippen molar-refractivity contribution in [1.29, 1.82) is 0 Å². The molecule has 0 saturated carbocycles. The highest BCUT2D eigenvalue weighted by atomic mass is 32.1. The first-order valence-corrected chi connectivity index (χ1v) is 22.1. The molecule has 7 aliphatic rings. The van der Waals surface area contributed by atoms with E-state index in [9.17, 15) is 52.7 Å². The van der Waals surface area contributed by atoms with E-state index < -0.39 is 58.3 Å². The predicted molar refractivity (Wildman–Crippen MR) is 240 cm³/mol. The number of anilines is 4. The van der Waals surface area contributed by atoms with Crippen molar-refractivity contribution in [3.63, 3.8) is 0 Å². The van der Waals surface area contributed by atoms with Crippen molar-refractivity contribution in [2.75, 3.05) is 60.9 Å². The third kappa shape index (κ3) is 17.7. The molecular formula is C46H48F12N4O3S2. The summed E-state index contributed by atoms with van der Waals surface area (Å²) < 4.78 is 175. The lowest BCUT2D eigenvalue weighted by Gasteiger charge is -2.20. The van der Waals surface area contributed by atoms with Crippen molar-refractivity contribution >= 4 is 57.4 Å². The molecule has 4 N–H and O–H groups in total. The Labute approximate surface area is 390 Å². The van der Waals surface area contributed by atoms with E-state index in [2.05, 4.69) is 21.3 Å². The summed E-state index contributed by atoms with van der Waals surface area (Å²) in [5, 5.41) is 10.1. The molecule has 366 valence electrons. The summed E-state index contributed by atoms with van der Waals surface area (Å²) in [5.41, 5.74) is -3.21. The third-order valence-electron chi connectivity index (χ3n) is 10.4. The molecule has 3 aliphatic heterocycles. The Bertz CT molecular complexity index is 2020. The lowest BCUT2D eigenvalue weighted by Crippen LogP contribution is -2.22. The zero-order valence-electron chi connectivity index (χ0n) is 35.8. The number of ether oxygens (including phenoxy) is 3. The quantitative estimate of drug-likeness (QED) is 0.118. The largest absolute Gasteiger partial charge is 0.416 e. The number of aryl methyl sites for hydroxylation is 4. The molecule has 0 amide bonds. The van der Waals surface area contributed by atoms with Crippen LogP contribution in [0.25, 0.3) is 0 Å². The van der Waals surface area contributed by atoms with Crippen LogP contribution in [0.2, 0.25) is 0 Å². The SMILES string of the molecule is C1CCOC1.C1CCOC1.C1CCOC1.FC(F)(F)c1cc(NC(=S)Nc2cc3ccc2CCc2ccc(c(NC(=S)Nc4cc(C(F)(F)F)cc(C(F)(F)F)c4)c2)CC3)cc(C(F)(F)F)c1. The van der Waals surface area contributed by atoms with Crippen molar-refractivity contribution in [3.05, 3.63) is 117 Å². The van der Waals surface area contributed by atoms with Gasteiger partial charge in [0.15, 0.2) is 10.2 Å². The Morgan fingerprint density at radius 1 is 0.373 bits per heavy atom. The monoisotopic (exact) mass is 996 g/mol. The maximum absolute atomic E-state index is 13.3. The summed E-state index contributed by atoms with van der Waals surface area (Å²) in [6, 6.07) is 12.8. The van der Waals surface area contributed by atoms with Crippen molar-refractivity contribution in [1.82, 2.24) is 0 Å². The van der Waals surface area contributed by atoms with Gasteiger partial charge in [-0.3, -0.25) is 0 Å². The third-order valence-corrected chi connectivity index (χ3v) is 10.8. The molecule has 0 radical (unpaired) electrons. The zero-order chi connectivity index (χ0) is 48.8. The molecule has 4 aromatic rings. The van der Waals surface area contributed by atoms with Crippen LogP contribution in [0.15, 0.2) is 72.8 Å². The van der Waals surface area contributed by atoms with E-state index in [1.165, 1.54) is 38.5 Å². The summed E-state index contributed by atoms with van der Waals surface area (Å²) in [6.07, 6.45) is -11.0. The van der Waals surface area contributed by atoms with Crippen molar-refractivity contribution in [3.8, 4) is 0 Å². The Balaban J connectivity index is 0.000000470. The van der Waals surface area contributed by atoms with E-state index in [0.717, 1.165) is 50.8 Å². The van der Waals surface area contributed by atoms with Gasteiger partial charge in [-0.1, -0.05) is 24.3 Å². The Hall–Kier alpha value is -4.70. The van der Waals surface area contributed by atoms with Gasteiger partial charge >= 0.3 is 24.7 Å². The number of hydrogen-bond donors (Lipinski definition) is 4. The van der Waals surface area contributed by atoms with Gasteiger partial charge in [-0.2, -0.15) is 52.7 Å². The van der Waals surface area contributed by atoms with Crippen LogP contribution < -0.4 is 21.3 Å². The van der Waals surface area contributed by atoms with E-state index in [1.807, 2.05) is 24.3 Å². The summed E-state index contributed by atoms with van der Waals surface area (Å²) in [7, 11) is 0. The molecule has 0 unspecified atom stereocenters. The molecule has 67 heavy (non-hydrogen) atoms. The molecule has 11 rings (SSSR count). The fourth-order valence-corrected chi connectivity index (χ4v) is 7.40. The van der Waals surface area contributed by atoms with E-state index >= 15 is 0 Å². The van der Waals surface area contributed by atoms with Crippen molar-refractivity contribution in [2.24, 2.45) is 0 Å². The second-order valence-electron chi connectivity index (χ2n) is 15.7. The number of hydrogen-bond acceptors (Lipinski definition) is 5. The number of nitrogens with one attached hydrogen (secondary N) is 4. The topological polar surface area (TPSA) is 75.8 Å². The number of rotatable bonds is 4. The van der Waals surface area contributed by atoms with Crippen LogP contribution in [0.4, 0.5) is 75.4 Å². The van der Waals surface area contributed by atoms with Gasteiger partial charge in [-0.15, -0.1) is 0 Å². The van der Waals surface area contributed by atoms with Crippen LogP contribution in [0.3, 0.4) is 0 Å². The summed E-state index contributed by atoms with van der Waals surface area (Å²) in [5.74, 6) is 0. The fraction of sp³-hybridized carbons (Fsp3) is 0.435. The van der Waals surface area contributed by atoms with Gasteiger partial charge in [0.05, 0.1) is 22.3 Å². The van der Waals surface area contributed by atoms with Crippen LogP contribution >= 0.6 is 24.4 Å². The fourth-order valence-electron chi connectivity index (χ4n) is 6.94. The van der Waals surface area contributed by atoms with Crippen molar-refractivity contribution < 1.29 is 66.9 Å². The first kappa shape index (κ1) is 53.3. The van der Waals surface area contributed by atoms with E-state index in [0.29, 0.717) is 72.5 Å². The summed E-state index contributed by atoms with van der Waals surface area (Å²) in [6.45, 7) is 6.00. The van der Waals surface area contributed by atoms with Gasteiger partial charge in [-0.05, 0) is 159 Å². The molecule has 4 aliphatic carbocycles. The minimum absolute atomic E-state index is 0.00789. The molecule has 0 spiro atoms. The van der Waals surface area contributed by atoms with Crippen LogP contribution in [0, 0.1) is 0 Å². The zero-order valence-corrected chi connectivity index (χ0v) is 37.5. The second kappa shape index (κ2) is 24.0. The van der Waals surface area contributed by atoms with Gasteiger partial charge in [0.25, 0.3) is 0 Å². The predicted octanol–water partition coefficient (Wildman–Crippen LogP) is 13.7. The highest BCUT2D eigenvalue weighted by Crippen LogP contribution is 2.39. The maximum Gasteiger partial charge on any atom is 0.416 e. The molecular weight excluding hydrogens is 949 g/mol. The smallest absolute Gasteiger partial charge is 0.381 e. The lowest BCUT2D eigenvalue weighted by atomic mass is 9.94. The molecule has 3 saturated heterocycles. The van der Waals surface area contributed by atoms with Gasteiger partial charge in [0.2, 0.25) is 0 Å². The second-order valence-corrected chi connectivity index (χ2v) is 16.5. The minimum Gasteiger partial charge on any atom is -0.381 e. The van der Waals surface area contributed by atoms with E-state index in [4.69, 9.17) is 38.6 Å². The molecule has 0 atom stereocenters. The minimum atomic E-state index is -5.04. The van der Waals surface area contributed by atoms with Crippen molar-refractivity contribution in [2.45, 2.75) is 88.9 Å². The first-order chi connectivity index (χ1) is 31.5. The number of benzene rings is 4. The maximum atomic E-state index is 13.3. The number of alkyl halides is 12. The normalized spacial score (nSPS) is 15.9. The molecule has 0 aromatic heterocycles. The van der Waals surface area contributed by atoms with Gasteiger partial charge in [0.1, 0.15) is 0 Å². The lowest BCUT2D eigenvalue weighted by molar-refractivity contribution is -0.144. The summed E-state index contributed by atoms with van der Waals surface area (Å²) >= 11 is 10.5. The summed E-state index contributed by atoms with van der Waals surface area (Å²) in [4.78, 5) is 0. The van der Waals surface area contributed by atoms with Crippen LogP contribution in [-0.4, -0.2) is 49.9 Å². The highest BCUT2D eigenvalue weighted by Gasteiger charge is 2.38. The molecule has 4 bridgehead atoms. The number of thiocarbonyl (C=S) groups is 2. The average Bonchev–Trinajstić information content (AvgIpc) is 4.09. The van der Waals surface area contributed by atoms with Gasteiger partial charge in [0, 0.05) is 62.4 Å². The van der Waals surface area contributed by atoms with Crippen LogP contribution in [0.1, 0.15) is 83.0 Å². The standard InChI is InChI=1S/C34H24F12N4S2.3C4H8O/c35-31(36,37)21-11-22(32(38,39)40)14-25(13-21)47-29(51)49-27-9-17-1-5-19(27)8-4-18-2-6-20(7-3-17)28(10-18)50-30(52)48-26-15-23(33(41,42)43)12-24(16-26)34(44,45)46;3*1-2-4-5-3-1/h1-2,5-6,9-16H,3-4,7-8H2,(H2,47,49,51)(H2,48,50,52);3*1-4H2. The van der Waals surface area contributed by atoms with Gasteiger partial charge in [-0.25, -0.2) is 0 Å². The van der Waals surface area contributed by atoms with E-state index in [1.54, 1.807) is 12.1 Å². The van der Waals surface area contributed by atoms with Crippen LogP contribution in [-0.2, 0) is 64.6 Å². The molecule has 3 heterocycles. The number of halogens is 12. The average molecular weight is 997 g/mol. The Morgan fingerprint density at radius 2 is 0.657 bits per heavy atom. The Morgan fingerprint density at radius 3 is 0.896 bits per heavy atom. The van der Waals surface area contributed by atoms with Gasteiger partial charge < -0.3 is 35.5 Å². The highest BCUT2D eigenvalue weighted by molar-refractivity contribution is 7.81. The molecule has 21 heteroatoms. The Kier molecular flexibility index (Phi) is 19.1. The molecule has 7 nitrogen and oxygen atoms in total. The molecule has 4 aromatic carbocycles.